The third kappa shape index (κ3) is 4.46. The number of benzene rings is 2. The zero-order chi connectivity index (χ0) is 19.2. The van der Waals surface area contributed by atoms with Gasteiger partial charge in [0.15, 0.2) is 11.5 Å². The van der Waals surface area contributed by atoms with Crippen LogP contribution in [0.2, 0.25) is 5.02 Å². The van der Waals surface area contributed by atoms with Gasteiger partial charge in [0.2, 0.25) is 5.95 Å². The summed E-state index contributed by atoms with van der Waals surface area (Å²) < 4.78 is 26.5. The molecule has 0 aliphatic rings. The van der Waals surface area contributed by atoms with Gasteiger partial charge in [-0.25, -0.2) is 9.07 Å². The third-order valence-corrected chi connectivity index (χ3v) is 4.29. The van der Waals surface area contributed by atoms with Crippen molar-refractivity contribution in [3.05, 3.63) is 58.4 Å². The summed E-state index contributed by atoms with van der Waals surface area (Å²) >= 11 is 6.38. The maximum Gasteiger partial charge on any atom is 0.243 e. The largest absolute Gasteiger partial charge is 0.493 e. The van der Waals surface area contributed by atoms with Gasteiger partial charge in [0, 0.05) is 29.7 Å². The van der Waals surface area contributed by atoms with Gasteiger partial charge >= 0.3 is 0 Å². The van der Waals surface area contributed by atoms with E-state index in [9.17, 15) is 4.39 Å². The highest BCUT2D eigenvalue weighted by molar-refractivity contribution is 6.31. The highest BCUT2D eigenvalue weighted by Crippen LogP contribution is 2.34. The SMILES string of the molecule is CCn1nnnc1NCc1cc(OC)c(OCc2ccccc2F)cc1Cl. The van der Waals surface area contributed by atoms with E-state index in [1.807, 2.05) is 6.92 Å². The Hall–Kier alpha value is -2.87. The van der Waals surface area contributed by atoms with Gasteiger partial charge in [0.25, 0.3) is 0 Å². The van der Waals surface area contributed by atoms with Crippen molar-refractivity contribution in [3.8, 4) is 11.5 Å². The number of aromatic nitrogens is 4. The van der Waals surface area contributed by atoms with Gasteiger partial charge in [-0.15, -0.1) is 0 Å². The summed E-state index contributed by atoms with van der Waals surface area (Å²) in [7, 11) is 1.54. The third-order valence-electron chi connectivity index (χ3n) is 3.94. The Labute approximate surface area is 161 Å². The van der Waals surface area contributed by atoms with Crippen molar-refractivity contribution in [2.45, 2.75) is 26.6 Å². The van der Waals surface area contributed by atoms with E-state index in [1.165, 1.54) is 13.2 Å². The first-order valence-electron chi connectivity index (χ1n) is 8.35. The molecular weight excluding hydrogens is 373 g/mol. The zero-order valence-electron chi connectivity index (χ0n) is 14.9. The van der Waals surface area contributed by atoms with Crippen LogP contribution in [0, 0.1) is 5.82 Å². The number of hydrogen-bond acceptors (Lipinski definition) is 6. The zero-order valence-corrected chi connectivity index (χ0v) is 15.7. The standard InChI is InChI=1S/C18H19ClFN5O2/c1-3-25-18(22-23-24-25)21-10-13-8-16(26-2)17(9-14(13)19)27-11-12-6-4-5-7-15(12)20/h4-9H,3,10-11H2,1-2H3,(H,21,22,24). The quantitative estimate of drug-likeness (QED) is 0.631. The molecule has 0 aliphatic carbocycles. The van der Waals surface area contributed by atoms with E-state index in [4.69, 9.17) is 21.1 Å². The molecule has 0 spiro atoms. The number of ether oxygens (including phenoxy) is 2. The average Bonchev–Trinajstić information content (AvgIpc) is 3.14. The molecule has 7 nitrogen and oxygen atoms in total. The number of tetrazole rings is 1. The van der Waals surface area contributed by atoms with Crippen LogP contribution in [0.1, 0.15) is 18.1 Å². The lowest BCUT2D eigenvalue weighted by Crippen LogP contribution is -2.08. The first-order chi connectivity index (χ1) is 13.1. The monoisotopic (exact) mass is 391 g/mol. The number of methoxy groups -OCH3 is 1. The smallest absolute Gasteiger partial charge is 0.243 e. The summed E-state index contributed by atoms with van der Waals surface area (Å²) in [5.74, 6) is 1.17. The van der Waals surface area contributed by atoms with E-state index in [-0.39, 0.29) is 12.4 Å². The Balaban J connectivity index is 1.73. The van der Waals surface area contributed by atoms with Crippen molar-refractivity contribution < 1.29 is 13.9 Å². The van der Waals surface area contributed by atoms with Crippen molar-refractivity contribution in [2.75, 3.05) is 12.4 Å². The van der Waals surface area contributed by atoms with Crippen molar-refractivity contribution in [3.63, 3.8) is 0 Å². The predicted molar refractivity (Wildman–Crippen MR) is 99.6 cm³/mol. The van der Waals surface area contributed by atoms with Crippen LogP contribution in [0.15, 0.2) is 36.4 Å². The molecule has 1 N–H and O–H groups in total. The summed E-state index contributed by atoms with van der Waals surface area (Å²) in [6.07, 6.45) is 0. The summed E-state index contributed by atoms with van der Waals surface area (Å²) in [6.45, 7) is 3.07. The number of hydrogen-bond donors (Lipinski definition) is 1. The number of aryl methyl sites for hydroxylation is 1. The lowest BCUT2D eigenvalue weighted by atomic mass is 10.2. The van der Waals surface area contributed by atoms with Gasteiger partial charge < -0.3 is 14.8 Å². The van der Waals surface area contributed by atoms with Crippen molar-refractivity contribution in [2.24, 2.45) is 0 Å². The summed E-state index contributed by atoms with van der Waals surface area (Å²) in [5, 5.41) is 15.0. The molecule has 0 fully saturated rings. The fraction of sp³-hybridized carbons (Fsp3) is 0.278. The minimum absolute atomic E-state index is 0.0717. The molecule has 1 heterocycles. The van der Waals surface area contributed by atoms with Crippen molar-refractivity contribution >= 4 is 17.5 Å². The molecule has 142 valence electrons. The Morgan fingerprint density at radius 1 is 1.19 bits per heavy atom. The average molecular weight is 392 g/mol. The van der Waals surface area contributed by atoms with E-state index in [0.29, 0.717) is 41.1 Å². The number of nitrogens with zero attached hydrogens (tertiary/aromatic N) is 4. The van der Waals surface area contributed by atoms with Crippen molar-refractivity contribution in [1.29, 1.82) is 0 Å². The van der Waals surface area contributed by atoms with Crippen molar-refractivity contribution in [1.82, 2.24) is 20.2 Å². The van der Waals surface area contributed by atoms with Gasteiger partial charge in [-0.2, -0.15) is 0 Å². The van der Waals surface area contributed by atoms with E-state index in [1.54, 1.807) is 35.0 Å². The molecule has 0 saturated carbocycles. The van der Waals surface area contributed by atoms with Gasteiger partial charge in [-0.1, -0.05) is 34.9 Å². The lowest BCUT2D eigenvalue weighted by molar-refractivity contribution is 0.279. The number of anilines is 1. The Kier molecular flexibility index (Phi) is 6.08. The van der Waals surface area contributed by atoms with Crippen LogP contribution in [-0.4, -0.2) is 27.3 Å². The second-order valence-corrected chi connectivity index (χ2v) is 6.05. The minimum atomic E-state index is -0.322. The van der Waals surface area contributed by atoms with E-state index in [2.05, 4.69) is 20.8 Å². The molecule has 0 saturated heterocycles. The fourth-order valence-electron chi connectivity index (χ4n) is 2.47. The molecule has 0 bridgehead atoms. The predicted octanol–water partition coefficient (Wildman–Crippen LogP) is 3.69. The molecule has 0 atom stereocenters. The van der Waals surface area contributed by atoms with Gasteiger partial charge in [0.1, 0.15) is 12.4 Å². The first kappa shape index (κ1) is 18.9. The molecule has 0 amide bonds. The summed E-state index contributed by atoms with van der Waals surface area (Å²) in [6, 6.07) is 9.87. The van der Waals surface area contributed by atoms with Gasteiger partial charge in [0.05, 0.1) is 7.11 Å². The molecule has 0 radical (unpaired) electrons. The molecule has 1 aromatic heterocycles. The minimum Gasteiger partial charge on any atom is -0.493 e. The van der Waals surface area contributed by atoms with Crippen LogP contribution >= 0.6 is 11.6 Å². The number of nitrogens with one attached hydrogen (secondary N) is 1. The summed E-state index contributed by atoms with van der Waals surface area (Å²) in [4.78, 5) is 0. The molecule has 3 rings (SSSR count). The second kappa shape index (κ2) is 8.68. The molecule has 0 unspecified atom stereocenters. The molecule has 3 aromatic rings. The van der Waals surface area contributed by atoms with Crippen LogP contribution in [0.4, 0.5) is 10.3 Å². The van der Waals surface area contributed by atoms with Crippen LogP contribution in [0.3, 0.4) is 0 Å². The van der Waals surface area contributed by atoms with Crippen LogP contribution in [0.25, 0.3) is 0 Å². The van der Waals surface area contributed by atoms with E-state index >= 15 is 0 Å². The highest BCUT2D eigenvalue weighted by Gasteiger charge is 2.13. The highest BCUT2D eigenvalue weighted by atomic mass is 35.5. The number of rotatable bonds is 8. The Morgan fingerprint density at radius 2 is 2.00 bits per heavy atom. The van der Waals surface area contributed by atoms with E-state index < -0.39 is 0 Å². The fourth-order valence-corrected chi connectivity index (χ4v) is 2.69. The maximum atomic E-state index is 13.8. The molecule has 9 heteroatoms. The second-order valence-electron chi connectivity index (χ2n) is 5.65. The molecule has 0 aliphatic heterocycles. The van der Waals surface area contributed by atoms with Crippen LogP contribution in [-0.2, 0) is 19.7 Å². The lowest BCUT2D eigenvalue weighted by Gasteiger charge is -2.14. The van der Waals surface area contributed by atoms with Crippen LogP contribution in [0.5, 0.6) is 11.5 Å². The molecule has 2 aromatic carbocycles. The summed E-state index contributed by atoms with van der Waals surface area (Å²) in [5.41, 5.74) is 1.24. The molecular formula is C18H19ClFN5O2. The van der Waals surface area contributed by atoms with Gasteiger partial charge in [-0.05, 0) is 35.0 Å². The topological polar surface area (TPSA) is 74.1 Å². The number of halogens is 2. The van der Waals surface area contributed by atoms with Gasteiger partial charge in [-0.3, -0.25) is 0 Å². The first-order valence-corrected chi connectivity index (χ1v) is 8.72. The normalized spacial score (nSPS) is 10.7. The van der Waals surface area contributed by atoms with Crippen LogP contribution < -0.4 is 14.8 Å². The maximum absolute atomic E-state index is 13.8. The molecule has 27 heavy (non-hydrogen) atoms. The Bertz CT molecular complexity index is 919. The Morgan fingerprint density at radius 3 is 2.74 bits per heavy atom. The van der Waals surface area contributed by atoms with E-state index in [0.717, 1.165) is 5.56 Å².